The summed E-state index contributed by atoms with van der Waals surface area (Å²) in [4.78, 5) is 0. The zero-order chi connectivity index (χ0) is 33.0. The van der Waals surface area contributed by atoms with E-state index in [1.165, 1.54) is 77.0 Å². The minimum Gasteiger partial charge on any atom is -0.309 e. The summed E-state index contributed by atoms with van der Waals surface area (Å²) in [6, 6.07) is 70.2. The number of nitrogens with zero attached hydrogens (tertiary/aromatic N) is 2. The van der Waals surface area contributed by atoms with E-state index in [4.69, 9.17) is 0 Å². The van der Waals surface area contributed by atoms with Crippen molar-refractivity contribution >= 4 is 43.6 Å². The van der Waals surface area contributed by atoms with Crippen LogP contribution in [0, 0.1) is 0 Å². The van der Waals surface area contributed by atoms with Gasteiger partial charge in [-0.25, -0.2) is 0 Å². The molecule has 0 amide bonds. The molecule has 0 aliphatic heterocycles. The van der Waals surface area contributed by atoms with Crippen LogP contribution in [0.5, 0.6) is 0 Å². The van der Waals surface area contributed by atoms with Crippen LogP contribution in [0.1, 0.15) is 0 Å². The van der Waals surface area contributed by atoms with Crippen molar-refractivity contribution in [2.75, 3.05) is 0 Å². The van der Waals surface area contributed by atoms with Crippen LogP contribution in [0.4, 0.5) is 0 Å². The van der Waals surface area contributed by atoms with Crippen molar-refractivity contribution < 1.29 is 0 Å². The Balaban J connectivity index is 1.16. The normalized spacial score (nSPS) is 11.6. The molecule has 0 fully saturated rings. The summed E-state index contributed by atoms with van der Waals surface area (Å²) in [6.45, 7) is 0. The molecule has 0 saturated carbocycles. The number of benzene rings is 8. The van der Waals surface area contributed by atoms with Gasteiger partial charge in [-0.05, 0) is 81.9 Å². The predicted octanol–water partition coefficient (Wildman–Crippen LogP) is 12.9. The van der Waals surface area contributed by atoms with E-state index in [9.17, 15) is 0 Å². The zero-order valence-electron chi connectivity index (χ0n) is 27.4. The van der Waals surface area contributed by atoms with Crippen LogP contribution in [0.2, 0.25) is 0 Å². The van der Waals surface area contributed by atoms with Gasteiger partial charge in [-0.2, -0.15) is 0 Å². The van der Waals surface area contributed by atoms with Crippen LogP contribution in [0.25, 0.3) is 88.4 Å². The average Bonchev–Trinajstić information content (AvgIpc) is 3.72. The number of hydrogen-bond donors (Lipinski definition) is 0. The van der Waals surface area contributed by atoms with Crippen LogP contribution in [0.15, 0.2) is 194 Å². The number of hydrogen-bond acceptors (Lipinski definition) is 0. The average molecular weight is 637 g/mol. The molecule has 2 aromatic heterocycles. The van der Waals surface area contributed by atoms with Gasteiger partial charge in [0.25, 0.3) is 0 Å². The second kappa shape index (κ2) is 11.5. The predicted molar refractivity (Wildman–Crippen MR) is 211 cm³/mol. The van der Waals surface area contributed by atoms with Gasteiger partial charge in [0.15, 0.2) is 0 Å². The Morgan fingerprint density at radius 1 is 0.240 bits per heavy atom. The first-order valence-corrected chi connectivity index (χ1v) is 17.2. The van der Waals surface area contributed by atoms with Gasteiger partial charge in [-0.1, -0.05) is 146 Å². The maximum absolute atomic E-state index is 2.43. The fourth-order valence-corrected chi connectivity index (χ4v) is 7.90. The Bertz CT molecular complexity index is 2820. The van der Waals surface area contributed by atoms with Crippen molar-refractivity contribution in [2.24, 2.45) is 0 Å². The smallest absolute Gasteiger partial charge is 0.0548 e. The first kappa shape index (κ1) is 28.4. The molecule has 0 spiro atoms. The lowest BCUT2D eigenvalue weighted by Gasteiger charge is -2.13. The van der Waals surface area contributed by atoms with Crippen LogP contribution in [0.3, 0.4) is 0 Å². The number of fused-ring (bicyclic) bond motifs is 7. The highest BCUT2D eigenvalue weighted by Crippen LogP contribution is 2.43. The van der Waals surface area contributed by atoms with Crippen molar-refractivity contribution in [3.63, 3.8) is 0 Å². The Morgan fingerprint density at radius 2 is 0.600 bits per heavy atom. The third-order valence-corrected chi connectivity index (χ3v) is 10.2. The van der Waals surface area contributed by atoms with Crippen molar-refractivity contribution in [3.05, 3.63) is 194 Å². The van der Waals surface area contributed by atoms with Gasteiger partial charge < -0.3 is 9.13 Å². The number of aromatic nitrogens is 2. The molecule has 2 nitrogen and oxygen atoms in total. The Labute approximate surface area is 290 Å². The van der Waals surface area contributed by atoms with E-state index in [1.54, 1.807) is 0 Å². The fraction of sp³-hybridized carbons (Fsp3) is 0. The van der Waals surface area contributed by atoms with Crippen LogP contribution in [-0.4, -0.2) is 9.13 Å². The van der Waals surface area contributed by atoms with Crippen molar-refractivity contribution in [1.29, 1.82) is 0 Å². The summed E-state index contributed by atoms with van der Waals surface area (Å²) in [5.41, 5.74) is 14.5. The van der Waals surface area contributed by atoms with E-state index in [0.717, 1.165) is 11.4 Å². The molecule has 10 rings (SSSR count). The molecule has 0 saturated heterocycles. The quantitative estimate of drug-likeness (QED) is 0.178. The Kier molecular flexibility index (Phi) is 6.53. The topological polar surface area (TPSA) is 9.86 Å². The molecular formula is C48H32N2. The van der Waals surface area contributed by atoms with Gasteiger partial charge in [-0.3, -0.25) is 0 Å². The number of para-hydroxylation sites is 2. The highest BCUT2D eigenvalue weighted by atomic mass is 15.0. The summed E-state index contributed by atoms with van der Waals surface area (Å²) in [5.74, 6) is 0. The SMILES string of the molecule is c1ccc(-c2ccc(-n3c4ccccc4c4c5c6ccccc6n(-c6ccc(-c7ccccc7-c7ccccc7)cc6)c5ccc43)cc2)cc1. The first-order valence-electron chi connectivity index (χ1n) is 17.2. The Morgan fingerprint density at radius 3 is 1.10 bits per heavy atom. The first-order chi connectivity index (χ1) is 24.8. The highest BCUT2D eigenvalue weighted by Gasteiger charge is 2.20. The lowest BCUT2D eigenvalue weighted by atomic mass is 9.94. The molecule has 8 aromatic carbocycles. The van der Waals surface area contributed by atoms with E-state index < -0.39 is 0 Å². The standard InChI is InChI=1S/C48H32N2/c1-3-13-33(14-4-1)34-23-27-37(28-24-34)49-43-21-11-9-19-41(43)47-45(49)31-32-46-48(47)42-20-10-12-22-44(42)50(46)38-29-25-36(26-30-38)40-18-8-7-17-39(40)35-15-5-2-6-16-35/h1-32H. The molecule has 10 aromatic rings. The van der Waals surface area contributed by atoms with Gasteiger partial charge in [0.1, 0.15) is 0 Å². The minimum atomic E-state index is 1.15. The molecule has 0 unspecified atom stereocenters. The fourth-order valence-electron chi connectivity index (χ4n) is 7.90. The summed E-state index contributed by atoms with van der Waals surface area (Å²) in [7, 11) is 0. The monoisotopic (exact) mass is 636 g/mol. The molecule has 234 valence electrons. The van der Waals surface area contributed by atoms with Gasteiger partial charge in [0, 0.05) is 32.9 Å². The molecule has 0 aliphatic carbocycles. The van der Waals surface area contributed by atoms with E-state index in [0.29, 0.717) is 0 Å². The summed E-state index contributed by atoms with van der Waals surface area (Å²) in [6.07, 6.45) is 0. The van der Waals surface area contributed by atoms with E-state index >= 15 is 0 Å². The van der Waals surface area contributed by atoms with Gasteiger partial charge in [0.2, 0.25) is 0 Å². The van der Waals surface area contributed by atoms with Crippen LogP contribution < -0.4 is 0 Å². The maximum atomic E-state index is 2.43. The van der Waals surface area contributed by atoms with Crippen molar-refractivity contribution in [2.45, 2.75) is 0 Å². The number of rotatable bonds is 5. The lowest BCUT2D eigenvalue weighted by Crippen LogP contribution is -1.95. The Hall–Kier alpha value is -6.64. The summed E-state index contributed by atoms with van der Waals surface area (Å²) >= 11 is 0. The molecule has 0 N–H and O–H groups in total. The second-order valence-corrected chi connectivity index (χ2v) is 12.9. The van der Waals surface area contributed by atoms with Gasteiger partial charge in [0.05, 0.1) is 22.1 Å². The highest BCUT2D eigenvalue weighted by molar-refractivity contribution is 6.28. The largest absolute Gasteiger partial charge is 0.309 e. The molecule has 2 heteroatoms. The molecular weight excluding hydrogens is 605 g/mol. The third-order valence-electron chi connectivity index (χ3n) is 10.2. The molecule has 0 bridgehead atoms. The van der Waals surface area contributed by atoms with E-state index in [1.807, 2.05) is 0 Å². The van der Waals surface area contributed by atoms with Crippen molar-refractivity contribution in [1.82, 2.24) is 9.13 Å². The second-order valence-electron chi connectivity index (χ2n) is 12.9. The van der Waals surface area contributed by atoms with Gasteiger partial charge in [-0.15, -0.1) is 0 Å². The van der Waals surface area contributed by atoms with Crippen molar-refractivity contribution in [3.8, 4) is 44.8 Å². The molecule has 0 atom stereocenters. The van der Waals surface area contributed by atoms with E-state index in [-0.39, 0.29) is 0 Å². The maximum Gasteiger partial charge on any atom is 0.0548 e. The van der Waals surface area contributed by atoms with Gasteiger partial charge >= 0.3 is 0 Å². The van der Waals surface area contributed by atoms with E-state index in [2.05, 4.69) is 203 Å². The molecule has 0 aliphatic rings. The minimum absolute atomic E-state index is 1.15. The van der Waals surface area contributed by atoms with Crippen LogP contribution in [-0.2, 0) is 0 Å². The zero-order valence-corrected chi connectivity index (χ0v) is 27.4. The molecule has 0 radical (unpaired) electrons. The summed E-state index contributed by atoms with van der Waals surface area (Å²) in [5, 5.41) is 5.09. The summed E-state index contributed by atoms with van der Waals surface area (Å²) < 4.78 is 4.85. The molecule has 50 heavy (non-hydrogen) atoms. The molecule has 2 heterocycles. The van der Waals surface area contributed by atoms with Crippen LogP contribution >= 0.6 is 0 Å². The third kappa shape index (κ3) is 4.43. The lowest BCUT2D eigenvalue weighted by molar-refractivity contribution is 1.17.